The van der Waals surface area contributed by atoms with Crippen LogP contribution in [0.5, 0.6) is 0 Å². The molecule has 24 heavy (non-hydrogen) atoms. The number of hydrogen-bond donors (Lipinski definition) is 2. The number of carbonyl (C=O) groups excluding carboxylic acids is 1. The van der Waals surface area contributed by atoms with Gasteiger partial charge in [0.15, 0.2) is 0 Å². The zero-order valence-corrected chi connectivity index (χ0v) is 15.0. The van der Waals surface area contributed by atoms with Crippen molar-refractivity contribution in [2.24, 2.45) is 5.92 Å². The zero-order valence-electron chi connectivity index (χ0n) is 15.0. The Hall–Kier alpha value is -2.37. The number of hydrogen-bond acceptors (Lipinski definition) is 4. The highest BCUT2D eigenvalue weighted by Crippen LogP contribution is 2.18. The van der Waals surface area contributed by atoms with Gasteiger partial charge in [-0.05, 0) is 44.7 Å². The van der Waals surface area contributed by atoms with Crippen molar-refractivity contribution in [1.82, 2.24) is 0 Å². The molecule has 134 valence electrons. The van der Waals surface area contributed by atoms with E-state index in [9.17, 15) is 14.4 Å². The third kappa shape index (κ3) is 8.31. The van der Waals surface area contributed by atoms with Crippen LogP contribution in [-0.2, 0) is 16.0 Å². The Morgan fingerprint density at radius 3 is 1.92 bits per heavy atom. The Morgan fingerprint density at radius 2 is 1.62 bits per heavy atom. The molecule has 0 bridgehead atoms. The minimum atomic E-state index is -1.21. The van der Waals surface area contributed by atoms with Crippen molar-refractivity contribution in [3.05, 3.63) is 34.9 Å². The highest BCUT2D eigenvalue weighted by Gasteiger charge is 2.19. The standard InChI is InChI=1S/C12H14O4.C6H12O2/c1-7(2)6-8-4-3-5-9(11(13)14)10(8)12(15)16;1-5(7)8-6(2,3)4/h3-5,7H,6H2,1-2H3,(H,13,14)(H,15,16);1-4H3. The van der Waals surface area contributed by atoms with E-state index < -0.39 is 11.9 Å². The van der Waals surface area contributed by atoms with Gasteiger partial charge >= 0.3 is 17.9 Å². The van der Waals surface area contributed by atoms with Gasteiger partial charge in [-0.3, -0.25) is 4.79 Å². The van der Waals surface area contributed by atoms with Crippen LogP contribution in [0.25, 0.3) is 0 Å². The van der Waals surface area contributed by atoms with Gasteiger partial charge in [-0.1, -0.05) is 26.0 Å². The number of carboxylic acids is 2. The molecule has 6 heteroatoms. The van der Waals surface area contributed by atoms with E-state index in [0.29, 0.717) is 12.0 Å². The fourth-order valence-electron chi connectivity index (χ4n) is 2.07. The molecular formula is C18H26O6. The average Bonchev–Trinajstić information content (AvgIpc) is 2.34. The van der Waals surface area contributed by atoms with Crippen LogP contribution >= 0.6 is 0 Å². The van der Waals surface area contributed by atoms with Crippen molar-refractivity contribution < 1.29 is 29.3 Å². The molecule has 0 aromatic heterocycles. The number of rotatable bonds is 4. The van der Waals surface area contributed by atoms with E-state index in [1.165, 1.54) is 13.0 Å². The predicted molar refractivity (Wildman–Crippen MR) is 90.4 cm³/mol. The number of ether oxygens (including phenoxy) is 1. The normalized spacial score (nSPS) is 10.6. The first kappa shape index (κ1) is 21.6. The molecule has 1 rings (SSSR count). The van der Waals surface area contributed by atoms with Crippen molar-refractivity contribution in [2.45, 2.75) is 53.6 Å². The van der Waals surface area contributed by atoms with Crippen molar-refractivity contribution in [3.8, 4) is 0 Å². The molecule has 0 saturated carbocycles. The summed E-state index contributed by atoms with van der Waals surface area (Å²) in [4.78, 5) is 32.2. The van der Waals surface area contributed by atoms with Gasteiger partial charge in [-0.25, -0.2) is 9.59 Å². The first-order chi connectivity index (χ1) is 10.8. The number of carboxylic acid groups (broad SMARTS) is 2. The van der Waals surface area contributed by atoms with Gasteiger partial charge in [0.25, 0.3) is 0 Å². The second-order valence-electron chi connectivity index (χ2n) is 6.75. The van der Waals surface area contributed by atoms with Gasteiger partial charge in [0.2, 0.25) is 0 Å². The molecule has 0 aliphatic rings. The molecule has 1 aromatic rings. The molecular weight excluding hydrogens is 312 g/mol. The van der Waals surface area contributed by atoms with Crippen LogP contribution in [-0.4, -0.2) is 33.7 Å². The molecule has 0 fully saturated rings. The van der Waals surface area contributed by atoms with Crippen LogP contribution < -0.4 is 0 Å². The molecule has 1 aromatic carbocycles. The van der Waals surface area contributed by atoms with Crippen molar-refractivity contribution in [2.75, 3.05) is 0 Å². The molecule has 0 aliphatic heterocycles. The molecule has 0 saturated heterocycles. The molecule has 0 amide bonds. The van der Waals surface area contributed by atoms with E-state index in [1.807, 2.05) is 34.6 Å². The van der Waals surface area contributed by atoms with E-state index in [-0.39, 0.29) is 28.6 Å². The minimum Gasteiger partial charge on any atom is -0.478 e. The van der Waals surface area contributed by atoms with Crippen molar-refractivity contribution in [1.29, 1.82) is 0 Å². The summed E-state index contributed by atoms with van der Waals surface area (Å²) in [5.41, 5.74) is 0.00278. The van der Waals surface area contributed by atoms with Crippen LogP contribution in [0.3, 0.4) is 0 Å². The Balaban J connectivity index is 0.000000561. The van der Waals surface area contributed by atoms with Crippen molar-refractivity contribution >= 4 is 17.9 Å². The second-order valence-corrected chi connectivity index (χ2v) is 6.75. The van der Waals surface area contributed by atoms with Crippen molar-refractivity contribution in [3.63, 3.8) is 0 Å². The minimum absolute atomic E-state index is 0.0938. The lowest BCUT2D eigenvalue weighted by Crippen LogP contribution is -2.21. The van der Waals surface area contributed by atoms with E-state index in [0.717, 1.165) is 0 Å². The average molecular weight is 338 g/mol. The van der Waals surface area contributed by atoms with Crippen LogP contribution in [0.4, 0.5) is 0 Å². The zero-order chi connectivity index (χ0) is 19.1. The predicted octanol–water partition coefficient (Wildman–Crippen LogP) is 3.63. The number of aromatic carboxylic acids is 2. The van der Waals surface area contributed by atoms with E-state index in [1.54, 1.807) is 12.1 Å². The summed E-state index contributed by atoms with van der Waals surface area (Å²) in [5.74, 6) is -2.34. The van der Waals surface area contributed by atoms with Crippen LogP contribution in [0.2, 0.25) is 0 Å². The SMILES string of the molecule is CC(=O)OC(C)(C)C.CC(C)Cc1cccc(C(=O)O)c1C(=O)O. The summed E-state index contributed by atoms with van der Waals surface area (Å²) in [7, 11) is 0. The third-order valence-corrected chi connectivity index (χ3v) is 2.67. The molecule has 0 aliphatic carbocycles. The van der Waals surface area contributed by atoms with Crippen LogP contribution in [0.1, 0.15) is 67.8 Å². The fraction of sp³-hybridized carbons (Fsp3) is 0.500. The van der Waals surface area contributed by atoms with Crippen LogP contribution in [0.15, 0.2) is 18.2 Å². The molecule has 2 N–H and O–H groups in total. The topological polar surface area (TPSA) is 101 Å². The second kappa shape index (κ2) is 9.05. The molecule has 0 radical (unpaired) electrons. The van der Waals surface area contributed by atoms with Gasteiger partial charge in [-0.15, -0.1) is 0 Å². The maximum absolute atomic E-state index is 11.1. The monoisotopic (exact) mass is 338 g/mol. The lowest BCUT2D eigenvalue weighted by molar-refractivity contribution is -0.151. The summed E-state index contributed by atoms with van der Waals surface area (Å²) in [6.45, 7) is 10.8. The summed E-state index contributed by atoms with van der Waals surface area (Å²) in [6, 6.07) is 4.55. The highest BCUT2D eigenvalue weighted by molar-refractivity contribution is 6.02. The van der Waals surface area contributed by atoms with Gasteiger partial charge in [-0.2, -0.15) is 0 Å². The van der Waals surface area contributed by atoms with Crippen LogP contribution in [0, 0.1) is 5.92 Å². The lowest BCUT2D eigenvalue weighted by Gasteiger charge is -2.17. The highest BCUT2D eigenvalue weighted by atomic mass is 16.6. The number of carbonyl (C=O) groups is 3. The summed E-state index contributed by atoms with van der Waals surface area (Å²) in [5, 5.41) is 18.0. The molecule has 0 heterocycles. The Bertz CT molecular complexity index is 596. The molecule has 0 spiro atoms. The quantitative estimate of drug-likeness (QED) is 0.813. The smallest absolute Gasteiger partial charge is 0.336 e. The molecule has 0 unspecified atom stereocenters. The third-order valence-electron chi connectivity index (χ3n) is 2.67. The summed E-state index contributed by atoms with van der Waals surface area (Å²) < 4.78 is 4.80. The Morgan fingerprint density at radius 1 is 1.08 bits per heavy atom. The van der Waals surface area contributed by atoms with E-state index in [2.05, 4.69) is 0 Å². The van der Waals surface area contributed by atoms with Gasteiger partial charge in [0.05, 0.1) is 11.1 Å². The molecule has 0 atom stereocenters. The van der Waals surface area contributed by atoms with E-state index >= 15 is 0 Å². The van der Waals surface area contributed by atoms with Gasteiger partial charge < -0.3 is 14.9 Å². The Kier molecular flexibility index (Phi) is 8.16. The Labute approximate surface area is 142 Å². The number of benzene rings is 1. The first-order valence-electron chi connectivity index (χ1n) is 7.63. The summed E-state index contributed by atoms with van der Waals surface area (Å²) in [6.07, 6.45) is 0.558. The summed E-state index contributed by atoms with van der Waals surface area (Å²) >= 11 is 0. The van der Waals surface area contributed by atoms with Gasteiger partial charge in [0.1, 0.15) is 5.60 Å². The first-order valence-corrected chi connectivity index (χ1v) is 7.63. The maximum atomic E-state index is 11.1. The van der Waals surface area contributed by atoms with E-state index in [4.69, 9.17) is 14.9 Å². The largest absolute Gasteiger partial charge is 0.478 e. The number of esters is 1. The fourth-order valence-corrected chi connectivity index (χ4v) is 2.07. The molecule has 6 nitrogen and oxygen atoms in total. The maximum Gasteiger partial charge on any atom is 0.336 e. The lowest BCUT2D eigenvalue weighted by atomic mass is 9.94. The van der Waals surface area contributed by atoms with Gasteiger partial charge in [0, 0.05) is 6.92 Å².